The van der Waals surface area contributed by atoms with Gasteiger partial charge in [0, 0.05) is 0 Å². The van der Waals surface area contributed by atoms with Gasteiger partial charge in [0.25, 0.3) is 0 Å². The van der Waals surface area contributed by atoms with E-state index in [-0.39, 0.29) is 10.1 Å². The molecule has 9 heavy (non-hydrogen) atoms. The van der Waals surface area contributed by atoms with Gasteiger partial charge in [-0.3, -0.25) is 0 Å². The number of carbonyl (C=O) groups excluding carboxylic acids is 2. The van der Waals surface area contributed by atoms with E-state index in [1.54, 1.807) is 0 Å². The fourth-order valence-electron chi connectivity index (χ4n) is 0.353. The molecule has 0 spiro atoms. The van der Waals surface area contributed by atoms with Crippen molar-refractivity contribution >= 4 is 35.1 Å². The zero-order valence-electron chi connectivity index (χ0n) is 3.98. The lowest BCUT2D eigenvalue weighted by Gasteiger charge is -1.82. The molecule has 0 radical (unpaired) electrons. The summed E-state index contributed by atoms with van der Waals surface area (Å²) < 4.78 is 3.97. The first-order valence-corrected chi connectivity index (χ1v) is 2.70. The van der Waals surface area contributed by atoms with E-state index >= 15 is 0 Å². The van der Waals surface area contributed by atoms with Gasteiger partial charge in [-0.15, -0.1) is 0 Å². The van der Waals surface area contributed by atoms with Crippen molar-refractivity contribution in [1.29, 1.82) is 0 Å². The van der Waals surface area contributed by atoms with Crippen molar-refractivity contribution in [2.45, 2.75) is 0 Å². The third-order valence-corrected chi connectivity index (χ3v) is 1.52. The Kier molecular flexibility index (Phi) is 1.47. The van der Waals surface area contributed by atoms with E-state index in [0.29, 0.717) is 0 Å². The molecule has 1 aliphatic heterocycles. The SMILES string of the molecule is O=C1OC(=O)C(Cl)=C1Cl. The molecule has 1 rings (SSSR count). The molecule has 0 saturated heterocycles. The zero-order chi connectivity index (χ0) is 7.02. The molecule has 0 atom stereocenters. The maximum absolute atomic E-state index is 10.3. The molecule has 0 aromatic carbocycles. The Bertz CT molecular complexity index is 196. The Hall–Kier alpha value is -0.540. The second-order valence-electron chi connectivity index (χ2n) is 1.30. The lowest BCUT2D eigenvalue weighted by molar-refractivity contribution is -0.150. The summed E-state index contributed by atoms with van der Waals surface area (Å²) in [5.74, 6) is -1.77. The summed E-state index contributed by atoms with van der Waals surface area (Å²) in [7, 11) is 0. The maximum atomic E-state index is 10.3. The summed E-state index contributed by atoms with van der Waals surface area (Å²) in [5, 5.41) is -0.691. The van der Waals surface area contributed by atoms with E-state index in [0.717, 1.165) is 0 Å². The van der Waals surface area contributed by atoms with E-state index in [1.807, 2.05) is 0 Å². The number of hydrogen-bond acceptors (Lipinski definition) is 3. The molecule has 48 valence electrons. The fourth-order valence-corrected chi connectivity index (χ4v) is 0.584. The summed E-state index contributed by atoms with van der Waals surface area (Å²) in [4.78, 5) is 20.6. The Morgan fingerprint density at radius 3 is 1.44 bits per heavy atom. The van der Waals surface area contributed by atoms with Crippen LogP contribution in [0.25, 0.3) is 0 Å². The number of rotatable bonds is 0. The Balaban J connectivity index is 3.06. The molecule has 0 aromatic heterocycles. The molecule has 1 heterocycles. The van der Waals surface area contributed by atoms with Gasteiger partial charge in [0.2, 0.25) is 0 Å². The molecule has 5 heteroatoms. The highest BCUT2D eigenvalue weighted by Crippen LogP contribution is 2.23. The number of halogens is 2. The molecule has 0 fully saturated rings. The van der Waals surface area contributed by atoms with Crippen molar-refractivity contribution in [2.24, 2.45) is 0 Å². The molecular formula is C4Cl2O3. The van der Waals surface area contributed by atoms with E-state index in [4.69, 9.17) is 23.2 Å². The third-order valence-electron chi connectivity index (χ3n) is 0.737. The van der Waals surface area contributed by atoms with E-state index in [9.17, 15) is 9.59 Å². The van der Waals surface area contributed by atoms with Crippen LogP contribution in [0, 0.1) is 0 Å². The van der Waals surface area contributed by atoms with E-state index in [2.05, 4.69) is 4.74 Å². The van der Waals surface area contributed by atoms with Crippen LogP contribution in [0.15, 0.2) is 10.1 Å². The minimum absolute atomic E-state index is 0.346. The molecule has 0 amide bonds. The number of ether oxygens (including phenoxy) is 1. The normalized spacial score (nSPS) is 18.9. The number of esters is 2. The van der Waals surface area contributed by atoms with Crippen molar-refractivity contribution < 1.29 is 14.3 Å². The van der Waals surface area contributed by atoms with Gasteiger partial charge < -0.3 is 4.74 Å². The molecule has 0 aliphatic carbocycles. The second-order valence-corrected chi connectivity index (χ2v) is 2.06. The highest BCUT2D eigenvalue weighted by molar-refractivity contribution is 6.56. The van der Waals surface area contributed by atoms with Crippen LogP contribution >= 0.6 is 23.2 Å². The van der Waals surface area contributed by atoms with Crippen LogP contribution in [0.3, 0.4) is 0 Å². The van der Waals surface area contributed by atoms with Gasteiger partial charge in [0.1, 0.15) is 0 Å². The first kappa shape index (κ1) is 6.58. The predicted octanol–water partition coefficient (Wildman–Crippen LogP) is 0.759. The van der Waals surface area contributed by atoms with Crippen LogP contribution in [0.4, 0.5) is 0 Å². The second kappa shape index (κ2) is 2.01. The standard InChI is InChI=1S/C4Cl2O3/c5-1-2(6)4(8)9-3(1)7. The molecular weight excluding hydrogens is 167 g/mol. The minimum atomic E-state index is -0.883. The van der Waals surface area contributed by atoms with Gasteiger partial charge in [-0.1, -0.05) is 23.2 Å². The highest BCUT2D eigenvalue weighted by Gasteiger charge is 2.30. The van der Waals surface area contributed by atoms with Crippen molar-refractivity contribution in [3.05, 3.63) is 10.1 Å². The Labute approximate surface area is 60.2 Å². The van der Waals surface area contributed by atoms with Gasteiger partial charge >= 0.3 is 11.9 Å². The maximum Gasteiger partial charge on any atom is 0.359 e. The number of carbonyl (C=O) groups is 2. The smallest absolute Gasteiger partial charge is 0.359 e. The van der Waals surface area contributed by atoms with Crippen molar-refractivity contribution in [3.63, 3.8) is 0 Å². The quantitative estimate of drug-likeness (QED) is 0.395. The summed E-state index contributed by atoms with van der Waals surface area (Å²) in [6.07, 6.45) is 0. The third kappa shape index (κ3) is 0.930. The first-order valence-electron chi connectivity index (χ1n) is 1.94. The molecule has 0 aromatic rings. The molecule has 1 aliphatic rings. The van der Waals surface area contributed by atoms with Crippen molar-refractivity contribution in [2.75, 3.05) is 0 Å². The fraction of sp³-hybridized carbons (Fsp3) is 0. The molecule has 0 N–H and O–H groups in total. The summed E-state index contributed by atoms with van der Waals surface area (Å²) in [6.45, 7) is 0. The van der Waals surface area contributed by atoms with Crippen LogP contribution in [-0.4, -0.2) is 11.9 Å². The van der Waals surface area contributed by atoms with Crippen LogP contribution in [0.2, 0.25) is 0 Å². The van der Waals surface area contributed by atoms with Crippen LogP contribution in [0.5, 0.6) is 0 Å². The molecule has 3 nitrogen and oxygen atoms in total. The minimum Gasteiger partial charge on any atom is -0.384 e. The Morgan fingerprint density at radius 1 is 1.00 bits per heavy atom. The Morgan fingerprint density at radius 2 is 1.33 bits per heavy atom. The van der Waals surface area contributed by atoms with Crippen LogP contribution in [0.1, 0.15) is 0 Å². The topological polar surface area (TPSA) is 43.4 Å². The molecule has 0 bridgehead atoms. The van der Waals surface area contributed by atoms with Gasteiger partial charge in [0.05, 0.1) is 0 Å². The van der Waals surface area contributed by atoms with Crippen molar-refractivity contribution in [1.82, 2.24) is 0 Å². The monoisotopic (exact) mass is 166 g/mol. The van der Waals surface area contributed by atoms with Crippen LogP contribution in [-0.2, 0) is 14.3 Å². The summed E-state index contributed by atoms with van der Waals surface area (Å²) in [6, 6.07) is 0. The van der Waals surface area contributed by atoms with Gasteiger partial charge in [-0.05, 0) is 0 Å². The lowest BCUT2D eigenvalue weighted by atomic mass is 10.5. The predicted molar refractivity (Wildman–Crippen MR) is 29.8 cm³/mol. The van der Waals surface area contributed by atoms with E-state index < -0.39 is 11.9 Å². The number of hydrogen-bond donors (Lipinski definition) is 0. The van der Waals surface area contributed by atoms with E-state index in [1.165, 1.54) is 0 Å². The lowest BCUT2D eigenvalue weighted by Crippen LogP contribution is -1.99. The largest absolute Gasteiger partial charge is 0.384 e. The average molecular weight is 167 g/mol. The van der Waals surface area contributed by atoms with Gasteiger partial charge in [-0.25, -0.2) is 9.59 Å². The summed E-state index contributed by atoms with van der Waals surface area (Å²) >= 11 is 10.3. The summed E-state index contributed by atoms with van der Waals surface area (Å²) in [5.41, 5.74) is 0. The van der Waals surface area contributed by atoms with Gasteiger partial charge in [-0.2, -0.15) is 0 Å². The number of cyclic esters (lactones) is 2. The van der Waals surface area contributed by atoms with Gasteiger partial charge in [0.15, 0.2) is 10.1 Å². The highest BCUT2D eigenvalue weighted by atomic mass is 35.5. The van der Waals surface area contributed by atoms with Crippen molar-refractivity contribution in [3.8, 4) is 0 Å². The average Bonchev–Trinajstić information content (AvgIpc) is 1.98. The zero-order valence-corrected chi connectivity index (χ0v) is 5.49. The van der Waals surface area contributed by atoms with Crippen LogP contribution < -0.4 is 0 Å². The first-order chi connectivity index (χ1) is 4.13. The molecule has 0 saturated carbocycles. The molecule has 0 unspecified atom stereocenters.